The third-order valence-electron chi connectivity index (χ3n) is 1.30. The lowest BCUT2D eigenvalue weighted by molar-refractivity contribution is -0.181. The minimum atomic E-state index is -4.73. The maximum atomic E-state index is 11.6. The van der Waals surface area contributed by atoms with Crippen molar-refractivity contribution in [2.24, 2.45) is 0 Å². The summed E-state index contributed by atoms with van der Waals surface area (Å²) < 4.78 is 91.2. The van der Waals surface area contributed by atoms with E-state index in [0.29, 0.717) is 0 Å². The quantitative estimate of drug-likeness (QED) is 0.598. The molecule has 4 nitrogen and oxygen atoms in total. The monoisotopic (exact) mass is 289 g/mol. The number of sulfonamides is 1. The second-order valence-electron chi connectivity index (χ2n) is 3.02. The lowest BCUT2D eigenvalue weighted by atomic mass is 10.3. The molecule has 1 N–H and O–H groups in total. The van der Waals surface area contributed by atoms with Gasteiger partial charge in [-0.05, 0) is 6.42 Å². The molecule has 0 rings (SSSR count). The van der Waals surface area contributed by atoms with Gasteiger partial charge in [0.15, 0.2) is 6.61 Å². The zero-order valence-electron chi connectivity index (χ0n) is 8.23. The third-order valence-corrected chi connectivity index (χ3v) is 2.49. The number of rotatable bonds is 6. The maximum Gasteiger partial charge on any atom is 0.413 e. The zero-order chi connectivity index (χ0) is 13.7. The Hall–Kier alpha value is -0.550. The fourth-order valence-corrected chi connectivity index (χ4v) is 1.55. The number of alkyl halides is 6. The van der Waals surface area contributed by atoms with Crippen molar-refractivity contribution in [1.82, 2.24) is 4.89 Å². The molecule has 0 amide bonds. The van der Waals surface area contributed by atoms with Crippen LogP contribution in [0.1, 0.15) is 12.8 Å². The molecule has 0 aliphatic carbocycles. The van der Waals surface area contributed by atoms with Gasteiger partial charge in [0.2, 0.25) is 10.0 Å². The Morgan fingerprint density at radius 3 is 1.94 bits per heavy atom. The van der Waals surface area contributed by atoms with Gasteiger partial charge in [0.1, 0.15) is 0 Å². The number of hydrogen-bond donors (Lipinski definition) is 1. The van der Waals surface area contributed by atoms with Crippen LogP contribution in [0.25, 0.3) is 0 Å². The van der Waals surface area contributed by atoms with Gasteiger partial charge < -0.3 is 0 Å². The molecule has 104 valence electrons. The Labute approximate surface area is 92.9 Å². The highest BCUT2D eigenvalue weighted by Gasteiger charge is 2.30. The van der Waals surface area contributed by atoms with E-state index in [2.05, 4.69) is 4.84 Å². The van der Waals surface area contributed by atoms with Crippen molar-refractivity contribution in [2.45, 2.75) is 25.2 Å². The van der Waals surface area contributed by atoms with E-state index in [9.17, 15) is 34.8 Å². The summed E-state index contributed by atoms with van der Waals surface area (Å²) in [7, 11) is -4.30. The van der Waals surface area contributed by atoms with E-state index >= 15 is 0 Å². The summed E-state index contributed by atoms with van der Waals surface area (Å²) in [5.41, 5.74) is 0. The minimum Gasteiger partial charge on any atom is -0.278 e. The highest BCUT2D eigenvalue weighted by molar-refractivity contribution is 7.89. The molecule has 0 radical (unpaired) electrons. The fourth-order valence-electron chi connectivity index (χ4n) is 0.705. The molecule has 0 aromatic heterocycles. The normalized spacial score (nSPS) is 14.0. The number of hydrogen-bond acceptors (Lipinski definition) is 3. The topological polar surface area (TPSA) is 55.4 Å². The summed E-state index contributed by atoms with van der Waals surface area (Å²) in [6.07, 6.45) is -11.3. The van der Waals surface area contributed by atoms with Gasteiger partial charge in [-0.25, -0.2) is 8.42 Å². The molecule has 0 aromatic rings. The Balaban J connectivity index is 3.90. The van der Waals surface area contributed by atoms with Crippen LogP contribution in [0.2, 0.25) is 0 Å². The average Bonchev–Trinajstić information content (AvgIpc) is 1.96. The summed E-state index contributed by atoms with van der Waals surface area (Å²) in [5, 5.41) is 0. The zero-order valence-corrected chi connectivity index (χ0v) is 9.05. The largest absolute Gasteiger partial charge is 0.413 e. The van der Waals surface area contributed by atoms with Crippen LogP contribution in [-0.2, 0) is 14.9 Å². The van der Waals surface area contributed by atoms with E-state index in [1.807, 2.05) is 0 Å². The van der Waals surface area contributed by atoms with E-state index in [1.54, 1.807) is 0 Å². The van der Waals surface area contributed by atoms with Gasteiger partial charge in [0.25, 0.3) is 0 Å². The summed E-state index contributed by atoms with van der Waals surface area (Å²) in [6.45, 7) is -1.86. The summed E-state index contributed by atoms with van der Waals surface area (Å²) in [6, 6.07) is 0. The molecule has 0 unspecified atom stereocenters. The van der Waals surface area contributed by atoms with E-state index in [4.69, 9.17) is 0 Å². The standard InChI is InChI=1S/C6H9F6NO3S/c7-5(8,9)2-1-3-17(14,15)13-16-4-6(10,11)12/h13H,1-4H2. The lowest BCUT2D eigenvalue weighted by Crippen LogP contribution is -2.31. The second kappa shape index (κ2) is 5.87. The average molecular weight is 289 g/mol. The molecular weight excluding hydrogens is 280 g/mol. The van der Waals surface area contributed by atoms with Gasteiger partial charge in [-0.3, -0.25) is 4.84 Å². The van der Waals surface area contributed by atoms with E-state index < -0.39 is 47.6 Å². The molecule has 0 heterocycles. The summed E-state index contributed by atoms with van der Waals surface area (Å²) in [4.78, 5) is 4.69. The van der Waals surface area contributed by atoms with Crippen molar-refractivity contribution >= 4 is 10.0 Å². The fraction of sp³-hybridized carbons (Fsp3) is 1.00. The van der Waals surface area contributed by atoms with Crippen molar-refractivity contribution in [3.8, 4) is 0 Å². The molecule has 0 spiro atoms. The Morgan fingerprint density at radius 1 is 1.00 bits per heavy atom. The van der Waals surface area contributed by atoms with Crippen LogP contribution in [0, 0.1) is 0 Å². The number of nitrogens with one attached hydrogen (secondary N) is 1. The molecule has 0 saturated carbocycles. The predicted octanol–water partition coefficient (Wildman–Crippen LogP) is 1.74. The van der Waals surface area contributed by atoms with Crippen LogP contribution in [0.4, 0.5) is 26.3 Å². The Kier molecular flexibility index (Phi) is 5.68. The van der Waals surface area contributed by atoms with Gasteiger partial charge in [0.05, 0.1) is 5.75 Å². The highest BCUT2D eigenvalue weighted by atomic mass is 32.2. The molecular formula is C6H9F6NO3S. The lowest BCUT2D eigenvalue weighted by Gasteiger charge is -2.09. The first-order valence-corrected chi connectivity index (χ1v) is 5.81. The van der Waals surface area contributed by atoms with E-state index in [-0.39, 0.29) is 0 Å². The van der Waals surface area contributed by atoms with Crippen molar-refractivity contribution in [3.63, 3.8) is 0 Å². The first-order chi connectivity index (χ1) is 7.41. The highest BCUT2D eigenvalue weighted by Crippen LogP contribution is 2.21. The molecule has 0 aliphatic heterocycles. The van der Waals surface area contributed by atoms with Crippen LogP contribution in [0.5, 0.6) is 0 Å². The van der Waals surface area contributed by atoms with Gasteiger partial charge in [-0.2, -0.15) is 26.3 Å². The summed E-state index contributed by atoms with van der Waals surface area (Å²) >= 11 is 0. The minimum absolute atomic E-state index is 0.756. The smallest absolute Gasteiger partial charge is 0.278 e. The SMILES string of the molecule is O=S(=O)(CCCC(F)(F)F)NOCC(F)(F)F. The predicted molar refractivity (Wildman–Crippen MR) is 44.2 cm³/mol. The van der Waals surface area contributed by atoms with Gasteiger partial charge >= 0.3 is 12.4 Å². The Morgan fingerprint density at radius 2 is 1.53 bits per heavy atom. The molecule has 0 aliphatic rings. The maximum absolute atomic E-state index is 11.6. The van der Waals surface area contributed by atoms with Crippen LogP contribution in [-0.4, -0.2) is 33.1 Å². The molecule has 17 heavy (non-hydrogen) atoms. The molecule has 0 saturated heterocycles. The van der Waals surface area contributed by atoms with E-state index in [1.165, 1.54) is 0 Å². The van der Waals surface area contributed by atoms with Gasteiger partial charge in [-0.1, -0.05) is 4.89 Å². The molecule has 0 aromatic carbocycles. The van der Waals surface area contributed by atoms with Gasteiger partial charge in [0, 0.05) is 6.42 Å². The first-order valence-electron chi connectivity index (χ1n) is 4.16. The van der Waals surface area contributed by atoms with Crippen LogP contribution in [0.3, 0.4) is 0 Å². The van der Waals surface area contributed by atoms with Crippen LogP contribution < -0.4 is 4.89 Å². The van der Waals surface area contributed by atoms with Crippen molar-refractivity contribution in [1.29, 1.82) is 0 Å². The van der Waals surface area contributed by atoms with Crippen molar-refractivity contribution in [2.75, 3.05) is 12.4 Å². The van der Waals surface area contributed by atoms with Crippen LogP contribution in [0.15, 0.2) is 0 Å². The molecule has 0 atom stereocenters. The third kappa shape index (κ3) is 11.7. The molecule has 11 heteroatoms. The van der Waals surface area contributed by atoms with Crippen LogP contribution >= 0.6 is 0 Å². The van der Waals surface area contributed by atoms with E-state index in [0.717, 1.165) is 4.89 Å². The molecule has 0 fully saturated rings. The van der Waals surface area contributed by atoms with Crippen molar-refractivity contribution in [3.05, 3.63) is 0 Å². The summed E-state index contributed by atoms with van der Waals surface area (Å²) in [5.74, 6) is -0.968. The molecule has 0 bridgehead atoms. The number of halogens is 6. The van der Waals surface area contributed by atoms with Gasteiger partial charge in [-0.15, -0.1) is 0 Å². The first kappa shape index (κ1) is 16.4. The Bertz CT molecular complexity index is 296. The van der Waals surface area contributed by atoms with Crippen molar-refractivity contribution < 1.29 is 39.6 Å². The second-order valence-corrected chi connectivity index (χ2v) is 4.83.